The van der Waals surface area contributed by atoms with Crippen LogP contribution in [0.25, 0.3) is 0 Å². The molecule has 0 aromatic heterocycles. The maximum absolute atomic E-state index is 5.87. The third-order valence-electron chi connectivity index (χ3n) is 3.49. The summed E-state index contributed by atoms with van der Waals surface area (Å²) < 4.78 is 11.6. The molecule has 2 rings (SSSR count). The van der Waals surface area contributed by atoms with Crippen molar-refractivity contribution in [2.45, 2.75) is 26.0 Å². The summed E-state index contributed by atoms with van der Waals surface area (Å²) in [6, 6.07) is 6.18. The smallest absolute Gasteiger partial charge is 0.122 e. The second kappa shape index (κ2) is 6.37. The molecule has 2 atom stereocenters. The van der Waals surface area contributed by atoms with Crippen molar-refractivity contribution in [3.63, 3.8) is 0 Å². The Labute approximate surface area is 115 Å². The largest absolute Gasteiger partial charge is 0.491 e. The molecular weight excluding hydrogens is 240 g/mol. The van der Waals surface area contributed by atoms with E-state index in [1.807, 2.05) is 19.1 Å². The molecule has 1 saturated heterocycles. The van der Waals surface area contributed by atoms with Gasteiger partial charge in [0.05, 0.1) is 6.61 Å². The minimum absolute atomic E-state index is 0.0584. The van der Waals surface area contributed by atoms with Gasteiger partial charge in [-0.1, -0.05) is 12.1 Å². The summed E-state index contributed by atoms with van der Waals surface area (Å²) in [5.74, 6) is 0.918. The van der Waals surface area contributed by atoms with Crippen molar-refractivity contribution >= 4 is 0 Å². The summed E-state index contributed by atoms with van der Waals surface area (Å²) in [5, 5.41) is 0. The standard InChI is InChI=1S/C15H24N2O2/c1-11-8-13(12(2)16)4-5-15(11)19-10-14-9-17(3)6-7-18-14/h4-5,8,12,14H,6-7,9-10,16H2,1-3H3. The Hall–Kier alpha value is -1.10. The van der Waals surface area contributed by atoms with Crippen LogP contribution in [0.3, 0.4) is 0 Å². The number of hydrogen-bond donors (Lipinski definition) is 1. The first-order chi connectivity index (χ1) is 9.06. The van der Waals surface area contributed by atoms with Gasteiger partial charge in [0.2, 0.25) is 0 Å². The molecule has 1 aromatic carbocycles. The van der Waals surface area contributed by atoms with Gasteiger partial charge in [-0.05, 0) is 38.1 Å². The van der Waals surface area contributed by atoms with Crippen molar-refractivity contribution < 1.29 is 9.47 Å². The lowest BCUT2D eigenvalue weighted by Gasteiger charge is -2.30. The zero-order chi connectivity index (χ0) is 13.8. The van der Waals surface area contributed by atoms with Crippen LogP contribution < -0.4 is 10.5 Å². The number of rotatable bonds is 4. The van der Waals surface area contributed by atoms with Crippen molar-refractivity contribution in [3.05, 3.63) is 29.3 Å². The lowest BCUT2D eigenvalue weighted by atomic mass is 10.1. The summed E-state index contributed by atoms with van der Waals surface area (Å²) in [6.07, 6.45) is 0.159. The van der Waals surface area contributed by atoms with Crippen LogP contribution in [0.15, 0.2) is 18.2 Å². The zero-order valence-corrected chi connectivity index (χ0v) is 12.1. The van der Waals surface area contributed by atoms with Crippen molar-refractivity contribution in [1.29, 1.82) is 0 Å². The summed E-state index contributed by atoms with van der Waals surface area (Å²) in [7, 11) is 2.11. The van der Waals surface area contributed by atoms with Crippen molar-refractivity contribution in [1.82, 2.24) is 4.90 Å². The molecule has 106 valence electrons. The molecule has 4 nitrogen and oxygen atoms in total. The molecule has 2 N–H and O–H groups in total. The minimum atomic E-state index is 0.0584. The molecule has 1 aliphatic rings. The van der Waals surface area contributed by atoms with Crippen LogP contribution in [0.5, 0.6) is 5.75 Å². The Bertz CT molecular complexity index is 421. The van der Waals surface area contributed by atoms with Gasteiger partial charge in [0.15, 0.2) is 0 Å². The van der Waals surface area contributed by atoms with Gasteiger partial charge in [0, 0.05) is 19.1 Å². The van der Waals surface area contributed by atoms with Crippen molar-refractivity contribution in [3.8, 4) is 5.75 Å². The second-order valence-corrected chi connectivity index (χ2v) is 5.38. The lowest BCUT2D eigenvalue weighted by Crippen LogP contribution is -2.42. The van der Waals surface area contributed by atoms with Crippen LogP contribution in [0, 0.1) is 6.92 Å². The molecule has 4 heteroatoms. The lowest BCUT2D eigenvalue weighted by molar-refractivity contribution is -0.0404. The molecule has 0 aliphatic carbocycles. The summed E-state index contributed by atoms with van der Waals surface area (Å²) in [6.45, 7) is 7.35. The molecular formula is C15H24N2O2. The summed E-state index contributed by atoms with van der Waals surface area (Å²) >= 11 is 0. The highest BCUT2D eigenvalue weighted by molar-refractivity contribution is 5.37. The fourth-order valence-electron chi connectivity index (χ4n) is 2.27. The average Bonchev–Trinajstić information content (AvgIpc) is 2.37. The monoisotopic (exact) mass is 264 g/mol. The third kappa shape index (κ3) is 3.93. The van der Waals surface area contributed by atoms with Gasteiger partial charge in [-0.25, -0.2) is 0 Å². The highest BCUT2D eigenvalue weighted by atomic mass is 16.5. The Morgan fingerprint density at radius 2 is 2.32 bits per heavy atom. The maximum Gasteiger partial charge on any atom is 0.122 e. The quantitative estimate of drug-likeness (QED) is 0.899. The Balaban J connectivity index is 1.92. The molecule has 1 fully saturated rings. The van der Waals surface area contributed by atoms with Crippen LogP contribution in [-0.2, 0) is 4.74 Å². The molecule has 2 unspecified atom stereocenters. The van der Waals surface area contributed by atoms with Gasteiger partial charge >= 0.3 is 0 Å². The number of aryl methyl sites for hydroxylation is 1. The summed E-state index contributed by atoms with van der Waals surface area (Å²) in [5.41, 5.74) is 8.13. The number of ether oxygens (including phenoxy) is 2. The second-order valence-electron chi connectivity index (χ2n) is 5.38. The predicted molar refractivity (Wildman–Crippen MR) is 76.5 cm³/mol. The van der Waals surface area contributed by atoms with Crippen LogP contribution in [0.2, 0.25) is 0 Å². The highest BCUT2D eigenvalue weighted by Gasteiger charge is 2.18. The van der Waals surface area contributed by atoms with Crippen molar-refractivity contribution in [2.75, 3.05) is 33.4 Å². The number of hydrogen-bond acceptors (Lipinski definition) is 4. The van der Waals surface area contributed by atoms with E-state index in [1.54, 1.807) is 0 Å². The van der Waals surface area contributed by atoms with E-state index >= 15 is 0 Å². The van der Waals surface area contributed by atoms with Crippen molar-refractivity contribution in [2.24, 2.45) is 5.73 Å². The van der Waals surface area contributed by atoms with E-state index in [2.05, 4.69) is 24.9 Å². The first-order valence-electron chi connectivity index (χ1n) is 6.85. The van der Waals surface area contributed by atoms with E-state index in [-0.39, 0.29) is 12.1 Å². The SMILES string of the molecule is Cc1cc(C(C)N)ccc1OCC1CN(C)CCO1. The van der Waals surface area contributed by atoms with Gasteiger partial charge < -0.3 is 20.1 Å². The van der Waals surface area contributed by atoms with Gasteiger partial charge in [-0.2, -0.15) is 0 Å². The van der Waals surface area contributed by atoms with Crippen LogP contribution >= 0.6 is 0 Å². The number of likely N-dealkylation sites (N-methyl/N-ethyl adjacent to an activating group) is 1. The van der Waals surface area contributed by atoms with Crippen LogP contribution in [-0.4, -0.2) is 44.4 Å². The van der Waals surface area contributed by atoms with E-state index in [0.717, 1.165) is 36.6 Å². The van der Waals surface area contributed by atoms with Gasteiger partial charge in [-0.15, -0.1) is 0 Å². The van der Waals surface area contributed by atoms with Gasteiger partial charge in [-0.3, -0.25) is 0 Å². The third-order valence-corrected chi connectivity index (χ3v) is 3.49. The first-order valence-corrected chi connectivity index (χ1v) is 6.85. The summed E-state index contributed by atoms with van der Waals surface area (Å²) in [4.78, 5) is 2.27. The molecule has 1 heterocycles. The number of nitrogens with two attached hydrogens (primary N) is 1. The minimum Gasteiger partial charge on any atom is -0.491 e. The van der Waals surface area contributed by atoms with E-state index in [9.17, 15) is 0 Å². The molecule has 19 heavy (non-hydrogen) atoms. The molecule has 0 radical (unpaired) electrons. The Morgan fingerprint density at radius 3 is 2.95 bits per heavy atom. The van der Waals surface area contributed by atoms with E-state index in [1.165, 1.54) is 0 Å². The molecule has 1 aromatic rings. The van der Waals surface area contributed by atoms with Crippen LogP contribution in [0.4, 0.5) is 0 Å². The molecule has 0 bridgehead atoms. The number of morpholine rings is 1. The molecule has 0 amide bonds. The zero-order valence-electron chi connectivity index (χ0n) is 12.1. The molecule has 1 aliphatic heterocycles. The Morgan fingerprint density at radius 1 is 1.53 bits per heavy atom. The first kappa shape index (κ1) is 14.3. The van der Waals surface area contributed by atoms with E-state index in [4.69, 9.17) is 15.2 Å². The van der Waals surface area contributed by atoms with Gasteiger partial charge in [0.1, 0.15) is 18.5 Å². The fraction of sp³-hybridized carbons (Fsp3) is 0.600. The molecule has 0 spiro atoms. The highest BCUT2D eigenvalue weighted by Crippen LogP contribution is 2.22. The topological polar surface area (TPSA) is 47.7 Å². The average molecular weight is 264 g/mol. The normalized spacial score (nSPS) is 22.2. The van der Waals surface area contributed by atoms with Crippen LogP contribution in [0.1, 0.15) is 24.1 Å². The fourth-order valence-corrected chi connectivity index (χ4v) is 2.27. The maximum atomic E-state index is 5.87. The number of nitrogens with zero attached hydrogens (tertiary/aromatic N) is 1. The van der Waals surface area contributed by atoms with E-state index in [0.29, 0.717) is 6.61 Å². The van der Waals surface area contributed by atoms with Gasteiger partial charge in [0.25, 0.3) is 0 Å². The predicted octanol–water partition coefficient (Wildman–Crippen LogP) is 1.72. The van der Waals surface area contributed by atoms with E-state index < -0.39 is 0 Å². The Kier molecular flexibility index (Phi) is 4.80. The molecule has 0 saturated carbocycles. The number of benzene rings is 1.